The van der Waals surface area contributed by atoms with Crippen LogP contribution in [0.5, 0.6) is 11.5 Å². The molecule has 1 amide bonds. The van der Waals surface area contributed by atoms with Crippen LogP contribution in [0.15, 0.2) is 30.0 Å². The number of carbonyl (C=O) groups is 1. The number of methoxy groups -OCH3 is 2. The number of amides is 1. The van der Waals surface area contributed by atoms with Crippen molar-refractivity contribution in [3.05, 3.63) is 35.6 Å². The third kappa shape index (κ3) is 3.50. The van der Waals surface area contributed by atoms with Crippen molar-refractivity contribution in [1.82, 2.24) is 9.80 Å². The van der Waals surface area contributed by atoms with Gasteiger partial charge in [0, 0.05) is 31.5 Å². The van der Waals surface area contributed by atoms with E-state index in [2.05, 4.69) is 30.2 Å². The summed E-state index contributed by atoms with van der Waals surface area (Å²) in [4.78, 5) is 16.1. The molecule has 0 radical (unpaired) electrons. The quantitative estimate of drug-likeness (QED) is 0.791. The third-order valence-corrected chi connectivity index (χ3v) is 6.13. The lowest BCUT2D eigenvalue weighted by Crippen LogP contribution is -2.44. The first-order valence-electron chi connectivity index (χ1n) is 9.50. The van der Waals surface area contributed by atoms with Crippen LogP contribution >= 0.6 is 0 Å². The predicted octanol–water partition coefficient (Wildman–Crippen LogP) is 3.41. The summed E-state index contributed by atoms with van der Waals surface area (Å²) in [6.45, 7) is 3.58. The average molecular weight is 374 g/mol. The molecule has 3 rings (SSSR count). The number of nitrogens with zero attached hydrogens (tertiary/aromatic N) is 2. The fraction of sp³-hybridized carbons (Fsp3) is 0.571. The molecule has 1 fully saturated rings. The fourth-order valence-corrected chi connectivity index (χ4v) is 4.28. The highest BCUT2D eigenvalue weighted by molar-refractivity contribution is 5.68. The van der Waals surface area contributed by atoms with E-state index in [-0.39, 0.29) is 17.6 Å². The number of hydrogen-bond acceptors (Lipinski definition) is 5. The van der Waals surface area contributed by atoms with Crippen LogP contribution in [-0.4, -0.2) is 63.3 Å². The Balaban J connectivity index is 1.90. The number of ether oxygens (including phenoxy) is 3. The third-order valence-electron chi connectivity index (χ3n) is 6.13. The van der Waals surface area contributed by atoms with Crippen LogP contribution in [0.1, 0.15) is 31.7 Å². The molecule has 1 aliphatic heterocycles. The maximum absolute atomic E-state index is 12.1. The molecule has 1 heterocycles. The lowest BCUT2D eigenvalue weighted by molar-refractivity contribution is 0.123. The van der Waals surface area contributed by atoms with E-state index in [4.69, 9.17) is 14.2 Å². The number of fused-ring (bicyclic) bond motifs is 1. The van der Waals surface area contributed by atoms with Crippen LogP contribution in [0, 0.1) is 0 Å². The summed E-state index contributed by atoms with van der Waals surface area (Å²) >= 11 is 0. The molecule has 6 nitrogen and oxygen atoms in total. The largest absolute Gasteiger partial charge is 0.493 e. The topological polar surface area (TPSA) is 51.2 Å². The minimum atomic E-state index is -0.289. The Kier molecular flexibility index (Phi) is 5.65. The highest BCUT2D eigenvalue weighted by Crippen LogP contribution is 2.49. The number of rotatable bonds is 5. The van der Waals surface area contributed by atoms with E-state index in [1.54, 1.807) is 26.2 Å². The van der Waals surface area contributed by atoms with Crippen LogP contribution in [0.4, 0.5) is 4.79 Å². The van der Waals surface area contributed by atoms with Gasteiger partial charge in [-0.25, -0.2) is 4.79 Å². The maximum Gasteiger partial charge on any atom is 0.414 e. The van der Waals surface area contributed by atoms with Gasteiger partial charge in [-0.1, -0.05) is 6.07 Å². The van der Waals surface area contributed by atoms with E-state index in [1.165, 1.54) is 5.56 Å². The molecular weight excluding hydrogens is 344 g/mol. The normalized spacial score (nSPS) is 24.8. The van der Waals surface area contributed by atoms with Crippen LogP contribution in [0.2, 0.25) is 0 Å². The van der Waals surface area contributed by atoms with Crippen molar-refractivity contribution in [3.8, 4) is 11.5 Å². The number of hydrogen-bond donors (Lipinski definition) is 0. The van der Waals surface area contributed by atoms with Crippen molar-refractivity contribution in [2.75, 3.05) is 41.4 Å². The molecule has 0 aromatic heterocycles. The van der Waals surface area contributed by atoms with E-state index < -0.39 is 0 Å². The Morgan fingerprint density at radius 2 is 2.04 bits per heavy atom. The second-order valence-corrected chi connectivity index (χ2v) is 7.43. The minimum Gasteiger partial charge on any atom is -0.493 e. The van der Waals surface area contributed by atoms with Crippen LogP contribution in [0.25, 0.3) is 0 Å². The van der Waals surface area contributed by atoms with E-state index in [9.17, 15) is 4.79 Å². The Morgan fingerprint density at radius 1 is 1.30 bits per heavy atom. The Morgan fingerprint density at radius 3 is 2.70 bits per heavy atom. The van der Waals surface area contributed by atoms with Crippen molar-refractivity contribution in [2.24, 2.45) is 0 Å². The second-order valence-electron chi connectivity index (χ2n) is 7.43. The fourth-order valence-electron chi connectivity index (χ4n) is 4.28. The Bertz CT molecular complexity index is 733. The summed E-state index contributed by atoms with van der Waals surface area (Å²) in [5.41, 5.74) is 1.25. The van der Waals surface area contributed by atoms with Crippen LogP contribution in [-0.2, 0) is 10.2 Å². The monoisotopic (exact) mass is 374 g/mol. The zero-order valence-corrected chi connectivity index (χ0v) is 16.9. The SMILES string of the molecule is CCN(C)C(=O)OC1=CC[C@@]2(c3ccc(OC)c(OC)c3)CCN(C)[C@H]2C1. The molecule has 1 saturated heterocycles. The summed E-state index contributed by atoms with van der Waals surface area (Å²) < 4.78 is 16.6. The number of likely N-dealkylation sites (tertiary alicyclic amines) is 1. The summed E-state index contributed by atoms with van der Waals surface area (Å²) in [5, 5.41) is 0. The number of carbonyl (C=O) groups excluding carboxylic acids is 1. The lowest BCUT2D eigenvalue weighted by Gasteiger charge is -2.41. The van der Waals surface area contributed by atoms with Crippen molar-refractivity contribution < 1.29 is 19.0 Å². The molecule has 27 heavy (non-hydrogen) atoms. The highest BCUT2D eigenvalue weighted by Gasteiger charge is 2.49. The van der Waals surface area contributed by atoms with Crippen LogP contribution in [0.3, 0.4) is 0 Å². The smallest absolute Gasteiger partial charge is 0.414 e. The van der Waals surface area contributed by atoms with Gasteiger partial charge < -0.3 is 24.0 Å². The molecule has 2 atom stereocenters. The summed E-state index contributed by atoms with van der Waals surface area (Å²) in [7, 11) is 7.22. The Labute approximate surface area is 161 Å². The molecule has 148 valence electrons. The molecule has 0 bridgehead atoms. The summed E-state index contributed by atoms with van der Waals surface area (Å²) in [6, 6.07) is 6.51. The van der Waals surface area contributed by atoms with Gasteiger partial charge in [0.2, 0.25) is 0 Å². The first kappa shape index (κ1) is 19.5. The first-order valence-corrected chi connectivity index (χ1v) is 9.50. The van der Waals surface area contributed by atoms with Gasteiger partial charge in [0.1, 0.15) is 5.76 Å². The molecular formula is C21H30N2O4. The molecule has 6 heteroatoms. The molecule has 0 unspecified atom stereocenters. The van der Waals surface area contributed by atoms with Gasteiger partial charge in [-0.3, -0.25) is 0 Å². The van der Waals surface area contributed by atoms with Crippen molar-refractivity contribution >= 4 is 6.09 Å². The first-order chi connectivity index (χ1) is 12.9. The lowest BCUT2D eigenvalue weighted by atomic mass is 9.68. The molecule has 1 aromatic rings. The van der Waals surface area contributed by atoms with E-state index in [0.717, 1.165) is 43.1 Å². The van der Waals surface area contributed by atoms with Gasteiger partial charge in [-0.15, -0.1) is 0 Å². The minimum absolute atomic E-state index is 0.000860. The van der Waals surface area contributed by atoms with Gasteiger partial charge in [-0.2, -0.15) is 0 Å². The molecule has 1 aliphatic carbocycles. The molecule has 1 aromatic carbocycles. The van der Waals surface area contributed by atoms with E-state index in [0.29, 0.717) is 6.54 Å². The summed E-state index contributed by atoms with van der Waals surface area (Å²) in [5.74, 6) is 2.27. The van der Waals surface area contributed by atoms with Crippen molar-refractivity contribution in [2.45, 2.75) is 37.6 Å². The number of likely N-dealkylation sites (N-methyl/N-ethyl adjacent to an activating group) is 1. The second kappa shape index (κ2) is 7.80. The van der Waals surface area contributed by atoms with E-state index >= 15 is 0 Å². The predicted molar refractivity (Wildman–Crippen MR) is 104 cm³/mol. The summed E-state index contributed by atoms with van der Waals surface area (Å²) in [6.07, 6.45) is 4.44. The average Bonchev–Trinajstić information content (AvgIpc) is 3.04. The van der Waals surface area contributed by atoms with Gasteiger partial charge >= 0.3 is 6.09 Å². The number of benzene rings is 1. The molecule has 2 aliphatic rings. The molecule has 0 N–H and O–H groups in total. The van der Waals surface area contributed by atoms with E-state index in [1.807, 2.05) is 13.0 Å². The zero-order valence-electron chi connectivity index (χ0n) is 16.9. The highest BCUT2D eigenvalue weighted by atomic mass is 16.6. The zero-order chi connectivity index (χ0) is 19.6. The standard InChI is InChI=1S/C21H30N2O4/c1-6-22(2)20(24)27-16-9-10-21(11-12-23(3)19(21)14-16)15-7-8-17(25-4)18(13-15)26-5/h7-9,13,19H,6,10-12,14H2,1-5H3/t19-,21-/m0/s1. The molecule has 0 spiro atoms. The van der Waals surface area contributed by atoms with Gasteiger partial charge in [0.25, 0.3) is 0 Å². The molecule has 0 saturated carbocycles. The van der Waals surface area contributed by atoms with Gasteiger partial charge in [-0.05, 0) is 57.1 Å². The van der Waals surface area contributed by atoms with Crippen LogP contribution < -0.4 is 9.47 Å². The maximum atomic E-state index is 12.1. The van der Waals surface area contributed by atoms with Crippen molar-refractivity contribution in [1.29, 1.82) is 0 Å². The van der Waals surface area contributed by atoms with Gasteiger partial charge in [0.05, 0.1) is 14.2 Å². The Hall–Kier alpha value is -2.21. The van der Waals surface area contributed by atoms with Gasteiger partial charge in [0.15, 0.2) is 11.5 Å². The van der Waals surface area contributed by atoms with Crippen molar-refractivity contribution in [3.63, 3.8) is 0 Å². The number of allylic oxidation sites excluding steroid dienone is 1.